The highest BCUT2D eigenvalue weighted by Gasteiger charge is 2.05. The van der Waals surface area contributed by atoms with E-state index in [1.54, 1.807) is 36.7 Å². The van der Waals surface area contributed by atoms with Crippen LogP contribution in [0.5, 0.6) is 0 Å². The van der Waals surface area contributed by atoms with Gasteiger partial charge in [0.2, 0.25) is 5.91 Å². The zero-order valence-electron chi connectivity index (χ0n) is 13.2. The predicted molar refractivity (Wildman–Crippen MR) is 99.4 cm³/mol. The number of nitrogens with zero attached hydrogens (tertiary/aromatic N) is 3. The summed E-state index contributed by atoms with van der Waals surface area (Å²) in [6.45, 7) is 0. The lowest BCUT2D eigenvalue weighted by Crippen LogP contribution is -2.19. The number of hydrazone groups is 1. The average molecular weight is 346 g/mol. The summed E-state index contributed by atoms with van der Waals surface area (Å²) in [5.41, 5.74) is 4.79. The number of nitrogens with one attached hydrogen (secondary N) is 1. The Kier molecular flexibility index (Phi) is 5.39. The molecule has 0 saturated heterocycles. The molecular formula is C19H14N4OS. The normalized spacial score (nSPS) is 10.7. The average Bonchev–Trinajstić information content (AvgIpc) is 2.67. The maximum Gasteiger partial charge on any atom is 0.250 e. The Morgan fingerprint density at radius 1 is 1.20 bits per heavy atom. The van der Waals surface area contributed by atoms with Crippen LogP contribution in [0.3, 0.4) is 0 Å². The van der Waals surface area contributed by atoms with Gasteiger partial charge in [-0.15, -0.1) is 11.8 Å². The van der Waals surface area contributed by atoms with Crippen LogP contribution < -0.4 is 5.43 Å². The van der Waals surface area contributed by atoms with Gasteiger partial charge in [0.1, 0.15) is 0 Å². The summed E-state index contributed by atoms with van der Waals surface area (Å²) in [7, 11) is 0. The van der Waals surface area contributed by atoms with E-state index in [0.29, 0.717) is 5.56 Å². The summed E-state index contributed by atoms with van der Waals surface area (Å²) in [5.74, 6) is 0.0586. The molecule has 0 unspecified atom stereocenters. The van der Waals surface area contributed by atoms with Crippen LogP contribution in [0.1, 0.15) is 11.1 Å². The quantitative estimate of drug-likeness (QED) is 0.436. The Labute approximate surface area is 149 Å². The minimum atomic E-state index is -0.192. The Hall–Kier alpha value is -3.17. The number of rotatable bonds is 5. The summed E-state index contributed by atoms with van der Waals surface area (Å²) < 4.78 is 0. The summed E-state index contributed by atoms with van der Waals surface area (Å²) >= 11 is 1.42. The summed E-state index contributed by atoms with van der Waals surface area (Å²) in [6.07, 6.45) is 3.29. The van der Waals surface area contributed by atoms with Crippen LogP contribution in [0.15, 0.2) is 70.8 Å². The molecule has 0 saturated carbocycles. The number of amides is 1. The second-order valence-corrected chi connectivity index (χ2v) is 6.16. The molecule has 0 spiro atoms. The molecule has 3 aromatic rings. The van der Waals surface area contributed by atoms with Crippen LogP contribution in [0.2, 0.25) is 0 Å². The summed E-state index contributed by atoms with van der Waals surface area (Å²) in [4.78, 5) is 17.3. The van der Waals surface area contributed by atoms with Gasteiger partial charge in [0, 0.05) is 16.5 Å². The van der Waals surface area contributed by atoms with Gasteiger partial charge >= 0.3 is 0 Å². The van der Waals surface area contributed by atoms with Crippen LogP contribution in [0.4, 0.5) is 0 Å². The van der Waals surface area contributed by atoms with Crippen molar-refractivity contribution in [3.05, 3.63) is 71.9 Å². The van der Waals surface area contributed by atoms with Crippen molar-refractivity contribution in [1.29, 1.82) is 5.26 Å². The first-order chi connectivity index (χ1) is 12.3. The fraction of sp³-hybridized carbons (Fsp3) is 0.0526. The maximum absolute atomic E-state index is 11.9. The van der Waals surface area contributed by atoms with E-state index < -0.39 is 0 Å². The Balaban J connectivity index is 1.55. The molecule has 25 heavy (non-hydrogen) atoms. The Bertz CT molecular complexity index is 956. The molecule has 0 aliphatic rings. The largest absolute Gasteiger partial charge is 0.272 e. The topological polar surface area (TPSA) is 78.1 Å². The van der Waals surface area contributed by atoms with Crippen LogP contribution >= 0.6 is 11.8 Å². The Morgan fingerprint density at radius 3 is 2.80 bits per heavy atom. The molecule has 3 rings (SSSR count). The highest BCUT2D eigenvalue weighted by Crippen LogP contribution is 2.25. The second kappa shape index (κ2) is 8.08. The lowest BCUT2D eigenvalue weighted by atomic mass is 10.2. The molecule has 0 atom stereocenters. The van der Waals surface area contributed by atoms with E-state index >= 15 is 0 Å². The maximum atomic E-state index is 11.9. The molecule has 5 nitrogen and oxygen atoms in total. The number of hydrogen-bond acceptors (Lipinski definition) is 5. The molecule has 1 heterocycles. The third kappa shape index (κ3) is 4.43. The number of carbonyl (C=O) groups excluding carboxylic acids is 1. The van der Waals surface area contributed by atoms with E-state index in [2.05, 4.69) is 21.6 Å². The SMILES string of the molecule is N#Cc1ccc(/C=N\NC(=O)CSc2cccc3cccnc23)cc1. The van der Waals surface area contributed by atoms with Gasteiger partial charge in [0.15, 0.2) is 0 Å². The smallest absolute Gasteiger partial charge is 0.250 e. The van der Waals surface area contributed by atoms with Gasteiger partial charge in [-0.2, -0.15) is 10.4 Å². The molecule has 0 bridgehead atoms. The molecule has 0 radical (unpaired) electrons. The van der Waals surface area contributed by atoms with E-state index in [1.807, 2.05) is 30.3 Å². The molecule has 6 heteroatoms. The van der Waals surface area contributed by atoms with E-state index in [-0.39, 0.29) is 11.7 Å². The number of fused-ring (bicyclic) bond motifs is 1. The first-order valence-corrected chi connectivity index (χ1v) is 8.53. The van der Waals surface area contributed by atoms with Crippen molar-refractivity contribution in [3.63, 3.8) is 0 Å². The molecule has 0 fully saturated rings. The standard InChI is InChI=1S/C19H14N4OS/c20-11-14-6-8-15(9-7-14)12-22-23-18(24)13-25-17-5-1-3-16-4-2-10-21-19(16)17/h1-10,12H,13H2,(H,23,24)/b22-12-. The number of benzene rings is 2. The van der Waals surface area contributed by atoms with Crippen LogP contribution in [0, 0.1) is 11.3 Å². The van der Waals surface area contributed by atoms with Crippen LogP contribution in [-0.4, -0.2) is 22.9 Å². The number of aromatic nitrogens is 1. The van der Waals surface area contributed by atoms with Crippen molar-refractivity contribution in [2.45, 2.75) is 4.90 Å². The molecule has 0 aliphatic heterocycles. The van der Waals surface area contributed by atoms with Crippen molar-refractivity contribution < 1.29 is 4.79 Å². The third-order valence-electron chi connectivity index (χ3n) is 3.40. The molecular weight excluding hydrogens is 332 g/mol. The number of thioether (sulfide) groups is 1. The highest BCUT2D eigenvalue weighted by molar-refractivity contribution is 8.00. The van der Waals surface area contributed by atoms with Crippen molar-refractivity contribution in [2.75, 3.05) is 5.75 Å². The van der Waals surface area contributed by atoms with E-state index in [0.717, 1.165) is 21.4 Å². The van der Waals surface area contributed by atoms with Crippen molar-refractivity contribution in [3.8, 4) is 6.07 Å². The predicted octanol–water partition coefficient (Wildman–Crippen LogP) is 3.35. The van der Waals surface area contributed by atoms with Gasteiger partial charge in [-0.25, -0.2) is 5.43 Å². The van der Waals surface area contributed by atoms with Crippen LogP contribution in [0.25, 0.3) is 10.9 Å². The van der Waals surface area contributed by atoms with Gasteiger partial charge in [-0.3, -0.25) is 9.78 Å². The molecule has 1 amide bonds. The number of hydrogen-bond donors (Lipinski definition) is 1. The second-order valence-electron chi connectivity index (χ2n) is 5.15. The number of pyridine rings is 1. The molecule has 2 aromatic carbocycles. The van der Waals surface area contributed by atoms with Crippen molar-refractivity contribution >= 4 is 34.8 Å². The van der Waals surface area contributed by atoms with Crippen molar-refractivity contribution in [2.24, 2.45) is 5.10 Å². The van der Waals surface area contributed by atoms with Crippen LogP contribution in [-0.2, 0) is 4.79 Å². The van der Waals surface area contributed by atoms with Gasteiger partial charge in [0.25, 0.3) is 0 Å². The zero-order chi connectivity index (χ0) is 17.5. The lowest BCUT2D eigenvalue weighted by Gasteiger charge is -2.04. The van der Waals surface area contributed by atoms with Gasteiger partial charge < -0.3 is 0 Å². The number of carbonyl (C=O) groups is 1. The molecule has 0 aliphatic carbocycles. The molecule has 1 aromatic heterocycles. The van der Waals surface area contributed by atoms with Gasteiger partial charge in [-0.1, -0.05) is 30.3 Å². The minimum Gasteiger partial charge on any atom is -0.272 e. The fourth-order valence-electron chi connectivity index (χ4n) is 2.19. The van der Waals surface area contributed by atoms with Gasteiger partial charge in [0.05, 0.1) is 29.1 Å². The first kappa shape index (κ1) is 16.7. The lowest BCUT2D eigenvalue weighted by molar-refractivity contribution is -0.118. The van der Waals surface area contributed by atoms with Gasteiger partial charge in [-0.05, 0) is 29.8 Å². The number of para-hydroxylation sites is 1. The Morgan fingerprint density at radius 2 is 2.00 bits per heavy atom. The monoisotopic (exact) mass is 346 g/mol. The molecule has 122 valence electrons. The highest BCUT2D eigenvalue weighted by atomic mass is 32.2. The fourth-order valence-corrected chi connectivity index (χ4v) is 3.02. The van der Waals surface area contributed by atoms with E-state index in [4.69, 9.17) is 5.26 Å². The van der Waals surface area contributed by atoms with Crippen molar-refractivity contribution in [1.82, 2.24) is 10.4 Å². The minimum absolute atomic E-state index is 0.192. The molecule has 1 N–H and O–H groups in total. The van der Waals surface area contributed by atoms with E-state index in [1.165, 1.54) is 11.8 Å². The van der Waals surface area contributed by atoms with E-state index in [9.17, 15) is 4.79 Å². The zero-order valence-corrected chi connectivity index (χ0v) is 14.0. The first-order valence-electron chi connectivity index (χ1n) is 7.55. The summed E-state index contributed by atoms with van der Waals surface area (Å²) in [5, 5.41) is 13.7. The third-order valence-corrected chi connectivity index (χ3v) is 4.44. The summed E-state index contributed by atoms with van der Waals surface area (Å²) in [6, 6.07) is 18.8. The number of nitriles is 1.